The van der Waals surface area contributed by atoms with Crippen LogP contribution >= 0.6 is 0 Å². The predicted molar refractivity (Wildman–Crippen MR) is 110 cm³/mol. The minimum absolute atomic E-state index is 0.0891. The van der Waals surface area contributed by atoms with Crippen LogP contribution in [0.5, 0.6) is 0 Å². The lowest BCUT2D eigenvalue weighted by Crippen LogP contribution is -2.48. The fourth-order valence-corrected chi connectivity index (χ4v) is 3.98. The summed E-state index contributed by atoms with van der Waals surface area (Å²) in [6, 6.07) is 15.1. The maximum absolute atomic E-state index is 13.5. The molecule has 0 spiro atoms. The predicted octanol–water partition coefficient (Wildman–Crippen LogP) is 1.72. The van der Waals surface area contributed by atoms with Crippen molar-refractivity contribution in [1.29, 1.82) is 0 Å². The van der Waals surface area contributed by atoms with E-state index in [1.165, 1.54) is 17.0 Å². The number of imide groups is 1. The summed E-state index contributed by atoms with van der Waals surface area (Å²) >= 11 is 0. The van der Waals surface area contributed by atoms with Crippen molar-refractivity contribution in [2.24, 2.45) is 0 Å². The van der Waals surface area contributed by atoms with Crippen LogP contribution in [0, 0.1) is 5.82 Å². The molecular weight excluding hydrogens is 385 g/mol. The van der Waals surface area contributed by atoms with Crippen molar-refractivity contribution >= 4 is 17.4 Å². The molecule has 0 aliphatic carbocycles. The summed E-state index contributed by atoms with van der Waals surface area (Å²) in [5.74, 6) is -1.07. The Labute approximate surface area is 174 Å². The van der Waals surface area contributed by atoms with Gasteiger partial charge in [0.15, 0.2) is 0 Å². The molecule has 0 saturated carbocycles. The summed E-state index contributed by atoms with van der Waals surface area (Å²) in [4.78, 5) is 32.0. The van der Waals surface area contributed by atoms with Gasteiger partial charge in [0.1, 0.15) is 11.5 Å². The van der Waals surface area contributed by atoms with Gasteiger partial charge in [-0.15, -0.1) is 0 Å². The summed E-state index contributed by atoms with van der Waals surface area (Å²) in [5.41, 5.74) is 2.11. The first-order chi connectivity index (χ1) is 14.6. The third kappa shape index (κ3) is 3.99. The monoisotopic (exact) mass is 409 g/mol. The van der Waals surface area contributed by atoms with Crippen LogP contribution in [0.25, 0.3) is 5.57 Å². The van der Waals surface area contributed by atoms with Crippen LogP contribution in [0.2, 0.25) is 0 Å². The number of nitrogens with zero attached hydrogens (tertiary/aromatic N) is 3. The van der Waals surface area contributed by atoms with E-state index in [4.69, 9.17) is 5.11 Å². The number of halogens is 1. The normalized spacial score (nSPS) is 17.9. The van der Waals surface area contributed by atoms with Crippen molar-refractivity contribution in [2.45, 2.75) is 6.54 Å². The average Bonchev–Trinajstić information content (AvgIpc) is 3.01. The van der Waals surface area contributed by atoms with Gasteiger partial charge in [-0.25, -0.2) is 4.39 Å². The standard InChI is InChI=1S/C23H24FN3O3/c24-19-8-6-18(7-9-19)20-21(26-12-10-25(11-13-26)14-15-28)23(30)27(22(20)29)16-17-4-2-1-3-5-17/h1-9,28H,10-16H2. The molecule has 156 valence electrons. The molecule has 2 aliphatic heterocycles. The summed E-state index contributed by atoms with van der Waals surface area (Å²) < 4.78 is 13.5. The van der Waals surface area contributed by atoms with Crippen LogP contribution in [0.15, 0.2) is 60.3 Å². The van der Waals surface area contributed by atoms with Gasteiger partial charge in [0.25, 0.3) is 11.8 Å². The van der Waals surface area contributed by atoms with Crippen LogP contribution < -0.4 is 0 Å². The molecule has 0 unspecified atom stereocenters. The fraction of sp³-hybridized carbons (Fsp3) is 0.304. The maximum Gasteiger partial charge on any atom is 0.278 e. The van der Waals surface area contributed by atoms with Crippen LogP contribution in [0.4, 0.5) is 4.39 Å². The Balaban J connectivity index is 1.67. The summed E-state index contributed by atoms with van der Waals surface area (Å²) in [6.45, 7) is 3.42. The largest absolute Gasteiger partial charge is 0.395 e. The molecule has 0 bridgehead atoms. The number of aliphatic hydroxyl groups excluding tert-OH is 1. The van der Waals surface area contributed by atoms with Gasteiger partial charge in [0.2, 0.25) is 0 Å². The van der Waals surface area contributed by atoms with Crippen LogP contribution in [-0.4, -0.2) is 71.0 Å². The molecule has 1 N–H and O–H groups in total. The molecule has 2 aromatic carbocycles. The van der Waals surface area contributed by atoms with Crippen molar-refractivity contribution in [2.75, 3.05) is 39.3 Å². The maximum atomic E-state index is 13.5. The zero-order valence-electron chi connectivity index (χ0n) is 16.6. The third-order valence-corrected chi connectivity index (χ3v) is 5.56. The molecule has 2 heterocycles. The number of β-amino-alcohol motifs (C(OH)–C–C–N with tert-alkyl or cyclic N) is 1. The summed E-state index contributed by atoms with van der Waals surface area (Å²) in [7, 11) is 0. The third-order valence-electron chi connectivity index (χ3n) is 5.56. The van der Waals surface area contributed by atoms with Gasteiger partial charge >= 0.3 is 0 Å². The lowest BCUT2D eigenvalue weighted by Gasteiger charge is -2.36. The highest BCUT2D eigenvalue weighted by Gasteiger charge is 2.42. The number of hydrogen-bond donors (Lipinski definition) is 1. The zero-order valence-corrected chi connectivity index (χ0v) is 16.6. The molecule has 7 heteroatoms. The highest BCUT2D eigenvalue weighted by Crippen LogP contribution is 2.33. The number of aliphatic hydroxyl groups is 1. The van der Waals surface area contributed by atoms with Crippen LogP contribution in [-0.2, 0) is 16.1 Å². The highest BCUT2D eigenvalue weighted by atomic mass is 19.1. The first kappa shape index (κ1) is 20.3. The van der Waals surface area contributed by atoms with E-state index in [1.807, 2.05) is 35.2 Å². The SMILES string of the molecule is O=C1C(c2ccc(F)cc2)=C(N2CCN(CCO)CC2)C(=O)N1Cc1ccccc1. The van der Waals surface area contributed by atoms with Crippen molar-refractivity contribution in [1.82, 2.24) is 14.7 Å². The molecule has 1 fully saturated rings. The minimum Gasteiger partial charge on any atom is -0.395 e. The van der Waals surface area contributed by atoms with E-state index in [0.717, 1.165) is 5.56 Å². The van der Waals surface area contributed by atoms with Crippen LogP contribution in [0.3, 0.4) is 0 Å². The Morgan fingerprint density at radius 3 is 2.17 bits per heavy atom. The molecule has 4 rings (SSSR count). The molecule has 2 aromatic rings. The number of carbonyl (C=O) groups is 2. The van der Waals surface area contributed by atoms with Crippen molar-refractivity contribution < 1.29 is 19.1 Å². The Bertz CT molecular complexity index is 951. The second-order valence-electron chi connectivity index (χ2n) is 7.46. The molecule has 1 saturated heterocycles. The molecular formula is C23H24FN3O3. The Morgan fingerprint density at radius 2 is 1.53 bits per heavy atom. The van der Waals surface area contributed by atoms with E-state index in [2.05, 4.69) is 4.90 Å². The second kappa shape index (κ2) is 8.77. The molecule has 30 heavy (non-hydrogen) atoms. The number of carbonyl (C=O) groups excluding carboxylic acids is 2. The number of rotatable bonds is 6. The lowest BCUT2D eigenvalue weighted by molar-refractivity contribution is -0.138. The van der Waals surface area contributed by atoms with Gasteiger partial charge in [-0.1, -0.05) is 42.5 Å². The molecule has 0 atom stereocenters. The van der Waals surface area contributed by atoms with E-state index in [0.29, 0.717) is 49.6 Å². The van der Waals surface area contributed by atoms with E-state index >= 15 is 0 Å². The molecule has 0 radical (unpaired) electrons. The molecule has 2 aliphatic rings. The van der Waals surface area contributed by atoms with Crippen molar-refractivity contribution in [3.8, 4) is 0 Å². The smallest absolute Gasteiger partial charge is 0.278 e. The van der Waals surface area contributed by atoms with Gasteiger partial charge in [0, 0.05) is 32.7 Å². The summed E-state index contributed by atoms with van der Waals surface area (Å²) in [6.07, 6.45) is 0. The number of amides is 2. The Hall–Kier alpha value is -3.03. The first-order valence-electron chi connectivity index (χ1n) is 10.1. The van der Waals surface area contributed by atoms with Crippen molar-refractivity contribution in [3.63, 3.8) is 0 Å². The molecule has 6 nitrogen and oxygen atoms in total. The Kier molecular flexibility index (Phi) is 5.92. The average molecular weight is 409 g/mol. The van der Waals surface area contributed by atoms with Gasteiger partial charge in [-0.3, -0.25) is 19.4 Å². The van der Waals surface area contributed by atoms with E-state index in [1.54, 1.807) is 12.1 Å². The second-order valence-corrected chi connectivity index (χ2v) is 7.46. The number of hydrogen-bond acceptors (Lipinski definition) is 5. The number of benzene rings is 2. The lowest BCUT2D eigenvalue weighted by atomic mass is 10.0. The number of piperazine rings is 1. The van der Waals surface area contributed by atoms with Gasteiger partial charge in [-0.2, -0.15) is 0 Å². The Morgan fingerprint density at radius 1 is 0.867 bits per heavy atom. The fourth-order valence-electron chi connectivity index (χ4n) is 3.98. The zero-order chi connectivity index (χ0) is 21.1. The van der Waals surface area contributed by atoms with E-state index in [-0.39, 0.29) is 25.0 Å². The van der Waals surface area contributed by atoms with E-state index < -0.39 is 5.82 Å². The van der Waals surface area contributed by atoms with Gasteiger partial charge in [0.05, 0.1) is 18.7 Å². The minimum atomic E-state index is -0.392. The van der Waals surface area contributed by atoms with Gasteiger partial charge in [-0.05, 0) is 23.3 Å². The summed E-state index contributed by atoms with van der Waals surface area (Å²) in [5, 5.41) is 9.16. The quantitative estimate of drug-likeness (QED) is 0.736. The molecule has 2 amide bonds. The van der Waals surface area contributed by atoms with Gasteiger partial charge < -0.3 is 10.0 Å². The van der Waals surface area contributed by atoms with Crippen LogP contribution in [0.1, 0.15) is 11.1 Å². The first-order valence-corrected chi connectivity index (χ1v) is 10.1. The highest BCUT2D eigenvalue weighted by molar-refractivity contribution is 6.35. The van der Waals surface area contributed by atoms with Crippen molar-refractivity contribution in [3.05, 3.63) is 77.2 Å². The van der Waals surface area contributed by atoms with E-state index in [9.17, 15) is 14.0 Å². The topological polar surface area (TPSA) is 64.1 Å². The molecule has 0 aromatic heterocycles.